The molecule has 0 aliphatic carbocycles. The summed E-state index contributed by atoms with van der Waals surface area (Å²) in [7, 11) is 0. The van der Waals surface area contributed by atoms with Crippen LogP contribution in [0.3, 0.4) is 0 Å². The Hall–Kier alpha value is -2.67. The molecule has 0 unspecified atom stereocenters. The van der Waals surface area contributed by atoms with Crippen LogP contribution in [0.5, 0.6) is 5.75 Å². The SMILES string of the molecule is Cc1nccn1-c1ccc(N2CCC(Oc3cc(F)ccc3Cl)CC2)nn1. The van der Waals surface area contributed by atoms with Gasteiger partial charge in [-0.25, -0.2) is 9.37 Å². The maximum Gasteiger partial charge on any atom is 0.160 e. The number of anilines is 1. The zero-order chi connectivity index (χ0) is 18.8. The van der Waals surface area contributed by atoms with Gasteiger partial charge in [0, 0.05) is 44.4 Å². The molecule has 0 N–H and O–H groups in total. The Kier molecular flexibility index (Phi) is 4.94. The fourth-order valence-electron chi connectivity index (χ4n) is 3.19. The average molecular weight is 388 g/mol. The fourth-order valence-corrected chi connectivity index (χ4v) is 3.35. The summed E-state index contributed by atoms with van der Waals surface area (Å²) in [5.74, 6) is 2.49. The van der Waals surface area contributed by atoms with Crippen molar-refractivity contribution < 1.29 is 9.13 Å². The molecule has 4 rings (SSSR count). The maximum absolute atomic E-state index is 13.4. The highest BCUT2D eigenvalue weighted by Gasteiger charge is 2.22. The lowest BCUT2D eigenvalue weighted by molar-refractivity contribution is 0.170. The van der Waals surface area contributed by atoms with Crippen LogP contribution in [0.15, 0.2) is 42.7 Å². The molecule has 2 aromatic heterocycles. The number of hydrogen-bond donors (Lipinski definition) is 0. The zero-order valence-corrected chi connectivity index (χ0v) is 15.6. The molecule has 1 saturated heterocycles. The normalized spacial score (nSPS) is 15.1. The quantitative estimate of drug-likeness (QED) is 0.681. The van der Waals surface area contributed by atoms with Gasteiger partial charge in [0.25, 0.3) is 0 Å². The minimum Gasteiger partial charge on any atom is -0.489 e. The molecule has 1 aliphatic rings. The monoisotopic (exact) mass is 387 g/mol. The molecule has 27 heavy (non-hydrogen) atoms. The molecule has 0 spiro atoms. The molecule has 1 aliphatic heterocycles. The van der Waals surface area contributed by atoms with Gasteiger partial charge in [-0.1, -0.05) is 11.6 Å². The molecule has 3 aromatic rings. The van der Waals surface area contributed by atoms with Gasteiger partial charge in [0.2, 0.25) is 0 Å². The van der Waals surface area contributed by atoms with E-state index in [1.807, 2.05) is 29.8 Å². The summed E-state index contributed by atoms with van der Waals surface area (Å²) in [6, 6.07) is 8.07. The number of imidazole rings is 1. The standard InChI is InChI=1S/C19H19ClFN5O/c1-13-22-8-11-26(13)19-5-4-18(23-24-19)25-9-6-15(7-10-25)27-17-12-14(21)2-3-16(17)20/h2-5,8,11-12,15H,6-7,9-10H2,1H3. The van der Waals surface area contributed by atoms with Crippen molar-refractivity contribution in [3.8, 4) is 11.6 Å². The van der Waals surface area contributed by atoms with Crippen LogP contribution in [0.1, 0.15) is 18.7 Å². The van der Waals surface area contributed by atoms with Crippen LogP contribution in [0.4, 0.5) is 10.2 Å². The van der Waals surface area contributed by atoms with E-state index in [2.05, 4.69) is 20.1 Å². The molecule has 0 bridgehead atoms. The van der Waals surface area contributed by atoms with E-state index in [4.69, 9.17) is 16.3 Å². The lowest BCUT2D eigenvalue weighted by Crippen LogP contribution is -2.38. The number of aryl methyl sites for hydroxylation is 1. The molecule has 0 amide bonds. The first-order valence-corrected chi connectivity index (χ1v) is 9.18. The highest BCUT2D eigenvalue weighted by molar-refractivity contribution is 6.32. The van der Waals surface area contributed by atoms with Crippen molar-refractivity contribution in [1.29, 1.82) is 0 Å². The van der Waals surface area contributed by atoms with Gasteiger partial charge in [0.05, 0.1) is 5.02 Å². The molecule has 6 nitrogen and oxygen atoms in total. The summed E-state index contributed by atoms with van der Waals surface area (Å²) < 4.78 is 21.2. The average Bonchev–Trinajstić information content (AvgIpc) is 3.11. The number of aromatic nitrogens is 4. The number of ether oxygens (including phenoxy) is 1. The molecular weight excluding hydrogens is 369 g/mol. The number of nitrogens with zero attached hydrogens (tertiary/aromatic N) is 5. The molecule has 1 fully saturated rings. The predicted octanol–water partition coefficient (Wildman–Crippen LogP) is 3.81. The molecule has 140 valence electrons. The van der Waals surface area contributed by atoms with Crippen LogP contribution in [-0.4, -0.2) is 38.9 Å². The Labute approximate surface area is 161 Å². The third-order valence-corrected chi connectivity index (χ3v) is 4.97. The van der Waals surface area contributed by atoms with Crippen molar-refractivity contribution in [3.63, 3.8) is 0 Å². The molecule has 0 atom stereocenters. The van der Waals surface area contributed by atoms with Crippen molar-refractivity contribution in [2.45, 2.75) is 25.9 Å². The first-order valence-electron chi connectivity index (χ1n) is 8.81. The highest BCUT2D eigenvalue weighted by Crippen LogP contribution is 2.28. The second-order valence-corrected chi connectivity index (χ2v) is 6.88. The van der Waals surface area contributed by atoms with E-state index in [9.17, 15) is 4.39 Å². The van der Waals surface area contributed by atoms with Crippen LogP contribution >= 0.6 is 11.6 Å². The summed E-state index contributed by atoms with van der Waals surface area (Å²) in [6.45, 7) is 3.50. The molecular formula is C19H19ClFN5O. The summed E-state index contributed by atoms with van der Waals surface area (Å²) in [5, 5.41) is 9.08. The van der Waals surface area contributed by atoms with Gasteiger partial charge in [0.15, 0.2) is 11.6 Å². The number of halogens is 2. The second kappa shape index (κ2) is 7.52. The molecule has 8 heteroatoms. The third kappa shape index (κ3) is 3.88. The fraction of sp³-hybridized carbons (Fsp3) is 0.316. The van der Waals surface area contributed by atoms with Gasteiger partial charge in [-0.2, -0.15) is 0 Å². The smallest absolute Gasteiger partial charge is 0.160 e. The van der Waals surface area contributed by atoms with Crippen molar-refractivity contribution in [2.75, 3.05) is 18.0 Å². The van der Waals surface area contributed by atoms with Gasteiger partial charge >= 0.3 is 0 Å². The number of benzene rings is 1. The number of rotatable bonds is 4. The number of piperidine rings is 1. The zero-order valence-electron chi connectivity index (χ0n) is 14.8. The van der Waals surface area contributed by atoms with E-state index >= 15 is 0 Å². The molecule has 1 aromatic carbocycles. The van der Waals surface area contributed by atoms with Gasteiger partial charge in [-0.3, -0.25) is 4.57 Å². The minimum atomic E-state index is -0.352. The van der Waals surface area contributed by atoms with Crippen LogP contribution in [0, 0.1) is 12.7 Å². The van der Waals surface area contributed by atoms with Gasteiger partial charge in [-0.05, 0) is 31.2 Å². The van der Waals surface area contributed by atoms with E-state index in [1.54, 1.807) is 6.20 Å². The van der Waals surface area contributed by atoms with E-state index < -0.39 is 0 Å². The van der Waals surface area contributed by atoms with Crippen LogP contribution in [-0.2, 0) is 0 Å². The van der Waals surface area contributed by atoms with Crippen LogP contribution in [0.25, 0.3) is 5.82 Å². The van der Waals surface area contributed by atoms with Crippen molar-refractivity contribution in [3.05, 3.63) is 59.4 Å². The van der Waals surface area contributed by atoms with Gasteiger partial charge < -0.3 is 9.64 Å². The summed E-state index contributed by atoms with van der Waals surface area (Å²) in [6.07, 6.45) is 5.20. The highest BCUT2D eigenvalue weighted by atomic mass is 35.5. The predicted molar refractivity (Wildman–Crippen MR) is 101 cm³/mol. The Balaban J connectivity index is 1.38. The van der Waals surface area contributed by atoms with Gasteiger partial charge in [-0.15, -0.1) is 10.2 Å². The van der Waals surface area contributed by atoms with Crippen LogP contribution < -0.4 is 9.64 Å². The Morgan fingerprint density at radius 2 is 1.85 bits per heavy atom. The largest absolute Gasteiger partial charge is 0.489 e. The lowest BCUT2D eigenvalue weighted by atomic mass is 10.1. The number of hydrogen-bond acceptors (Lipinski definition) is 5. The Morgan fingerprint density at radius 3 is 2.52 bits per heavy atom. The summed E-state index contributed by atoms with van der Waals surface area (Å²) in [4.78, 5) is 6.37. The Bertz CT molecular complexity index is 922. The maximum atomic E-state index is 13.4. The Morgan fingerprint density at radius 1 is 1.11 bits per heavy atom. The summed E-state index contributed by atoms with van der Waals surface area (Å²) in [5.41, 5.74) is 0. The summed E-state index contributed by atoms with van der Waals surface area (Å²) >= 11 is 6.08. The van der Waals surface area contributed by atoms with Crippen molar-refractivity contribution in [2.24, 2.45) is 0 Å². The van der Waals surface area contributed by atoms with E-state index in [0.717, 1.165) is 43.4 Å². The van der Waals surface area contributed by atoms with Gasteiger partial charge in [0.1, 0.15) is 23.5 Å². The first-order chi connectivity index (χ1) is 13.1. The third-order valence-electron chi connectivity index (χ3n) is 4.66. The molecule has 0 radical (unpaired) electrons. The van der Waals surface area contributed by atoms with E-state index in [-0.39, 0.29) is 11.9 Å². The topological polar surface area (TPSA) is 56.1 Å². The first kappa shape index (κ1) is 17.7. The van der Waals surface area contributed by atoms with Crippen molar-refractivity contribution >= 4 is 17.4 Å². The minimum absolute atomic E-state index is 0.00128. The second-order valence-electron chi connectivity index (χ2n) is 6.47. The molecule has 0 saturated carbocycles. The van der Waals surface area contributed by atoms with Crippen LogP contribution in [0.2, 0.25) is 5.02 Å². The lowest BCUT2D eigenvalue weighted by Gasteiger charge is -2.32. The van der Waals surface area contributed by atoms with E-state index in [1.165, 1.54) is 18.2 Å². The van der Waals surface area contributed by atoms with Crippen molar-refractivity contribution in [1.82, 2.24) is 19.7 Å². The molecule has 3 heterocycles. The van der Waals surface area contributed by atoms with E-state index in [0.29, 0.717) is 10.8 Å².